The van der Waals surface area contributed by atoms with Crippen LogP contribution in [0.3, 0.4) is 0 Å². The lowest BCUT2D eigenvalue weighted by atomic mass is 10.1. The number of phenolic OH excluding ortho intramolecular Hbond substituents is 1. The van der Waals surface area contributed by atoms with Crippen LogP contribution in [-0.4, -0.2) is 35.9 Å². The first-order chi connectivity index (χ1) is 8.12. The molecule has 0 radical (unpaired) electrons. The summed E-state index contributed by atoms with van der Waals surface area (Å²) < 4.78 is 4.98. The number of carbonyl (C=O) groups is 1. The molecule has 1 amide bonds. The third-order valence-corrected chi connectivity index (χ3v) is 2.50. The number of carbonyl (C=O) groups excluding carboxylic acids is 1. The van der Waals surface area contributed by atoms with Gasteiger partial charge in [-0.05, 0) is 24.6 Å². The molecule has 1 atom stereocenters. The Kier molecular flexibility index (Phi) is 4.78. The molecule has 0 fully saturated rings. The van der Waals surface area contributed by atoms with Crippen molar-refractivity contribution in [2.45, 2.75) is 19.4 Å². The van der Waals surface area contributed by atoms with Crippen LogP contribution in [0.5, 0.6) is 11.5 Å². The molecule has 0 saturated carbocycles. The molecule has 0 spiro atoms. The SMILES string of the molecule is CC[C@@H](CO)NC(=O)c1cc(OC)ccc1O. The molecule has 0 aliphatic carbocycles. The van der Waals surface area contributed by atoms with E-state index >= 15 is 0 Å². The number of aliphatic hydroxyl groups is 1. The Morgan fingerprint density at radius 1 is 1.53 bits per heavy atom. The van der Waals surface area contributed by atoms with Gasteiger partial charge in [0.25, 0.3) is 5.91 Å². The molecule has 5 nitrogen and oxygen atoms in total. The van der Waals surface area contributed by atoms with Crippen molar-refractivity contribution < 1.29 is 19.7 Å². The topological polar surface area (TPSA) is 78.8 Å². The van der Waals surface area contributed by atoms with Crippen LogP contribution in [-0.2, 0) is 0 Å². The van der Waals surface area contributed by atoms with Crippen molar-refractivity contribution in [1.82, 2.24) is 5.32 Å². The number of benzene rings is 1. The summed E-state index contributed by atoms with van der Waals surface area (Å²) in [5.41, 5.74) is 0.135. The van der Waals surface area contributed by atoms with E-state index in [2.05, 4.69) is 5.32 Å². The second kappa shape index (κ2) is 6.10. The van der Waals surface area contributed by atoms with Gasteiger partial charge in [0, 0.05) is 0 Å². The van der Waals surface area contributed by atoms with Gasteiger partial charge in [0.15, 0.2) is 0 Å². The zero-order valence-electron chi connectivity index (χ0n) is 9.93. The first-order valence-corrected chi connectivity index (χ1v) is 5.41. The molecule has 0 aromatic heterocycles. The largest absolute Gasteiger partial charge is 0.507 e. The van der Waals surface area contributed by atoms with Crippen molar-refractivity contribution in [1.29, 1.82) is 0 Å². The van der Waals surface area contributed by atoms with Gasteiger partial charge in [-0.1, -0.05) is 6.92 Å². The monoisotopic (exact) mass is 239 g/mol. The quantitative estimate of drug-likeness (QED) is 0.713. The second-order valence-electron chi connectivity index (χ2n) is 3.64. The van der Waals surface area contributed by atoms with Crippen molar-refractivity contribution >= 4 is 5.91 Å². The summed E-state index contributed by atoms with van der Waals surface area (Å²) in [6.07, 6.45) is 0.618. The number of ether oxygens (including phenoxy) is 1. The Morgan fingerprint density at radius 2 is 2.24 bits per heavy atom. The number of hydrogen-bond acceptors (Lipinski definition) is 4. The lowest BCUT2D eigenvalue weighted by molar-refractivity contribution is 0.0912. The molecular weight excluding hydrogens is 222 g/mol. The average molecular weight is 239 g/mol. The van der Waals surface area contributed by atoms with Crippen LogP contribution in [0.2, 0.25) is 0 Å². The van der Waals surface area contributed by atoms with Gasteiger partial charge in [-0.2, -0.15) is 0 Å². The number of methoxy groups -OCH3 is 1. The highest BCUT2D eigenvalue weighted by atomic mass is 16.5. The highest BCUT2D eigenvalue weighted by Crippen LogP contribution is 2.22. The van der Waals surface area contributed by atoms with Gasteiger partial charge in [0.1, 0.15) is 11.5 Å². The van der Waals surface area contributed by atoms with Crippen LogP contribution >= 0.6 is 0 Å². The van der Waals surface area contributed by atoms with Crippen LogP contribution in [0, 0.1) is 0 Å². The number of amides is 1. The van der Waals surface area contributed by atoms with E-state index in [1.165, 1.54) is 19.2 Å². The van der Waals surface area contributed by atoms with Gasteiger partial charge < -0.3 is 20.3 Å². The summed E-state index contributed by atoms with van der Waals surface area (Å²) in [7, 11) is 1.48. The zero-order valence-corrected chi connectivity index (χ0v) is 9.93. The molecule has 0 bridgehead atoms. The van der Waals surface area contributed by atoms with E-state index in [0.29, 0.717) is 12.2 Å². The third kappa shape index (κ3) is 3.35. The fourth-order valence-electron chi connectivity index (χ4n) is 1.36. The zero-order chi connectivity index (χ0) is 12.8. The molecule has 0 saturated heterocycles. The molecule has 0 aliphatic heterocycles. The lowest BCUT2D eigenvalue weighted by Crippen LogP contribution is -2.36. The van der Waals surface area contributed by atoms with Gasteiger partial charge in [-0.25, -0.2) is 0 Å². The van der Waals surface area contributed by atoms with Gasteiger partial charge in [0.2, 0.25) is 0 Å². The van der Waals surface area contributed by atoms with E-state index in [-0.39, 0.29) is 24.0 Å². The number of aromatic hydroxyl groups is 1. The summed E-state index contributed by atoms with van der Waals surface area (Å²) in [6, 6.07) is 4.10. The predicted octanol–water partition coefficient (Wildman–Crippen LogP) is 0.902. The summed E-state index contributed by atoms with van der Waals surface area (Å²) >= 11 is 0. The molecule has 5 heteroatoms. The standard InChI is InChI=1S/C12H17NO4/c1-3-8(7-14)13-12(16)10-6-9(17-2)4-5-11(10)15/h4-6,8,14-15H,3,7H2,1-2H3,(H,13,16)/t8-/m0/s1. The molecule has 1 rings (SSSR count). The molecule has 0 unspecified atom stereocenters. The number of aliphatic hydroxyl groups excluding tert-OH is 1. The minimum Gasteiger partial charge on any atom is -0.507 e. The highest BCUT2D eigenvalue weighted by Gasteiger charge is 2.15. The Morgan fingerprint density at radius 3 is 2.76 bits per heavy atom. The molecule has 1 aromatic carbocycles. The van der Waals surface area contributed by atoms with Gasteiger partial charge >= 0.3 is 0 Å². The van der Waals surface area contributed by atoms with Gasteiger partial charge in [-0.15, -0.1) is 0 Å². The maximum absolute atomic E-state index is 11.8. The van der Waals surface area contributed by atoms with Gasteiger partial charge in [0.05, 0.1) is 25.3 Å². The maximum Gasteiger partial charge on any atom is 0.255 e. The average Bonchev–Trinajstić information content (AvgIpc) is 2.36. The van der Waals surface area contributed by atoms with Crippen LogP contribution < -0.4 is 10.1 Å². The maximum atomic E-state index is 11.8. The molecular formula is C12H17NO4. The normalized spacial score (nSPS) is 11.9. The summed E-state index contributed by atoms with van der Waals surface area (Å²) in [5.74, 6) is -0.0524. The Hall–Kier alpha value is -1.75. The van der Waals surface area contributed by atoms with Gasteiger partial charge in [-0.3, -0.25) is 4.79 Å². The molecule has 0 heterocycles. The Bertz CT molecular complexity index is 388. The number of phenols is 1. The van der Waals surface area contributed by atoms with E-state index in [1.54, 1.807) is 6.07 Å². The van der Waals surface area contributed by atoms with Crippen LogP contribution in [0.25, 0.3) is 0 Å². The summed E-state index contributed by atoms with van der Waals surface area (Å²) in [6.45, 7) is 1.72. The molecule has 0 aliphatic rings. The van der Waals surface area contributed by atoms with Crippen LogP contribution in [0.1, 0.15) is 23.7 Å². The smallest absolute Gasteiger partial charge is 0.255 e. The van der Waals surface area contributed by atoms with Crippen molar-refractivity contribution in [3.05, 3.63) is 23.8 Å². The second-order valence-corrected chi connectivity index (χ2v) is 3.64. The number of nitrogens with one attached hydrogen (secondary N) is 1. The molecule has 94 valence electrons. The first kappa shape index (κ1) is 13.3. The van der Waals surface area contributed by atoms with E-state index in [9.17, 15) is 9.90 Å². The Labute approximate surface area is 100 Å². The van der Waals surface area contributed by atoms with Crippen LogP contribution in [0.15, 0.2) is 18.2 Å². The van der Waals surface area contributed by atoms with Crippen molar-refractivity contribution in [3.8, 4) is 11.5 Å². The fraction of sp³-hybridized carbons (Fsp3) is 0.417. The lowest BCUT2D eigenvalue weighted by Gasteiger charge is -2.14. The fourth-order valence-corrected chi connectivity index (χ4v) is 1.36. The van der Waals surface area contributed by atoms with Crippen molar-refractivity contribution in [2.75, 3.05) is 13.7 Å². The summed E-state index contributed by atoms with van der Waals surface area (Å²) in [4.78, 5) is 11.8. The minimum absolute atomic E-state index is 0.115. The van der Waals surface area contributed by atoms with E-state index in [4.69, 9.17) is 9.84 Å². The Balaban J connectivity index is 2.87. The minimum atomic E-state index is -0.428. The van der Waals surface area contributed by atoms with Crippen LogP contribution in [0.4, 0.5) is 0 Å². The highest BCUT2D eigenvalue weighted by molar-refractivity contribution is 5.97. The third-order valence-electron chi connectivity index (χ3n) is 2.50. The van der Waals surface area contributed by atoms with Crippen molar-refractivity contribution in [2.24, 2.45) is 0 Å². The van der Waals surface area contributed by atoms with E-state index in [1.807, 2.05) is 6.92 Å². The van der Waals surface area contributed by atoms with Crippen molar-refractivity contribution in [3.63, 3.8) is 0 Å². The molecule has 17 heavy (non-hydrogen) atoms. The summed E-state index contributed by atoms with van der Waals surface area (Å²) in [5, 5.41) is 21.2. The predicted molar refractivity (Wildman–Crippen MR) is 63.3 cm³/mol. The first-order valence-electron chi connectivity index (χ1n) is 5.41. The number of rotatable bonds is 5. The molecule has 3 N–H and O–H groups in total. The van der Waals surface area contributed by atoms with E-state index < -0.39 is 5.91 Å². The molecule has 1 aromatic rings. The number of hydrogen-bond donors (Lipinski definition) is 3. The van der Waals surface area contributed by atoms with E-state index in [0.717, 1.165) is 0 Å².